The molecule has 78 valence electrons. The van der Waals surface area contributed by atoms with Crippen molar-refractivity contribution >= 4 is 5.84 Å². The van der Waals surface area contributed by atoms with Crippen molar-refractivity contribution in [2.45, 2.75) is 13.8 Å². The fraction of sp³-hybridized carbons (Fsp3) is 0.300. The molecule has 1 rings (SSSR count). The van der Waals surface area contributed by atoms with E-state index >= 15 is 0 Å². The standard InChI is InChI=1S/C8H10N2O2.C2H6/c1-12-7-4-2-6(3-5-7)8(9)10-11;1-2/h2-5,11H,1H3,(H2,9,10);1-2H3. The lowest BCUT2D eigenvalue weighted by atomic mass is 10.2. The first kappa shape index (κ1) is 12.3. The summed E-state index contributed by atoms with van der Waals surface area (Å²) >= 11 is 0. The van der Waals surface area contributed by atoms with Gasteiger partial charge in [-0.15, -0.1) is 0 Å². The lowest BCUT2D eigenvalue weighted by Gasteiger charge is -2.00. The average Bonchev–Trinajstić information content (AvgIpc) is 2.31. The SMILES string of the molecule is CC.COc1ccc(/C(N)=N/O)cc1. The maximum atomic E-state index is 8.35. The minimum absolute atomic E-state index is 0.0950. The van der Waals surface area contributed by atoms with E-state index < -0.39 is 0 Å². The number of nitrogens with zero attached hydrogens (tertiary/aromatic N) is 1. The van der Waals surface area contributed by atoms with Crippen LogP contribution in [0.5, 0.6) is 5.75 Å². The molecule has 0 heterocycles. The van der Waals surface area contributed by atoms with Gasteiger partial charge in [0.05, 0.1) is 7.11 Å². The number of hydrogen-bond acceptors (Lipinski definition) is 3. The van der Waals surface area contributed by atoms with Crippen LogP contribution in [0.4, 0.5) is 0 Å². The molecule has 0 aliphatic heterocycles. The van der Waals surface area contributed by atoms with E-state index in [-0.39, 0.29) is 5.84 Å². The Hall–Kier alpha value is -1.71. The van der Waals surface area contributed by atoms with Crippen LogP contribution in [0.15, 0.2) is 29.4 Å². The highest BCUT2D eigenvalue weighted by atomic mass is 16.5. The van der Waals surface area contributed by atoms with Crippen molar-refractivity contribution in [2.75, 3.05) is 7.11 Å². The minimum Gasteiger partial charge on any atom is -0.497 e. The highest BCUT2D eigenvalue weighted by molar-refractivity contribution is 5.97. The summed E-state index contributed by atoms with van der Waals surface area (Å²) in [6.45, 7) is 4.00. The predicted molar refractivity (Wildman–Crippen MR) is 56.9 cm³/mol. The molecule has 0 fully saturated rings. The first-order valence-corrected chi connectivity index (χ1v) is 4.40. The monoisotopic (exact) mass is 196 g/mol. The van der Waals surface area contributed by atoms with Crippen LogP contribution in [0.2, 0.25) is 0 Å². The van der Waals surface area contributed by atoms with Crippen LogP contribution in [0, 0.1) is 0 Å². The van der Waals surface area contributed by atoms with Crippen LogP contribution < -0.4 is 10.5 Å². The van der Waals surface area contributed by atoms with Crippen molar-refractivity contribution in [1.82, 2.24) is 0 Å². The Balaban J connectivity index is 0.000000791. The summed E-state index contributed by atoms with van der Waals surface area (Å²) in [5, 5.41) is 11.2. The molecule has 0 saturated carbocycles. The van der Waals surface area contributed by atoms with Gasteiger partial charge in [-0.1, -0.05) is 19.0 Å². The fourth-order valence-electron chi connectivity index (χ4n) is 0.820. The van der Waals surface area contributed by atoms with Crippen molar-refractivity contribution in [3.63, 3.8) is 0 Å². The number of nitrogens with two attached hydrogens (primary N) is 1. The smallest absolute Gasteiger partial charge is 0.170 e. The molecule has 0 unspecified atom stereocenters. The Morgan fingerprint density at radius 2 is 1.79 bits per heavy atom. The Bertz CT molecular complexity index is 281. The Morgan fingerprint density at radius 3 is 2.14 bits per heavy atom. The zero-order valence-electron chi connectivity index (χ0n) is 8.69. The van der Waals surface area contributed by atoms with Gasteiger partial charge in [-0.25, -0.2) is 0 Å². The van der Waals surface area contributed by atoms with Crippen LogP contribution in [-0.2, 0) is 0 Å². The first-order chi connectivity index (χ1) is 6.77. The summed E-state index contributed by atoms with van der Waals surface area (Å²) in [6, 6.07) is 6.92. The molecule has 0 radical (unpaired) electrons. The van der Waals surface area contributed by atoms with Gasteiger partial charge < -0.3 is 15.7 Å². The lowest BCUT2D eigenvalue weighted by Crippen LogP contribution is -2.12. The molecule has 0 amide bonds. The van der Waals surface area contributed by atoms with Gasteiger partial charge in [0.25, 0.3) is 0 Å². The largest absolute Gasteiger partial charge is 0.497 e. The fourth-order valence-corrected chi connectivity index (χ4v) is 0.820. The normalized spacial score (nSPS) is 10.1. The zero-order chi connectivity index (χ0) is 11.0. The summed E-state index contributed by atoms with van der Waals surface area (Å²) in [4.78, 5) is 0. The Labute approximate surface area is 84.0 Å². The van der Waals surface area contributed by atoms with Crippen molar-refractivity contribution in [3.05, 3.63) is 29.8 Å². The molecule has 0 bridgehead atoms. The van der Waals surface area contributed by atoms with E-state index in [9.17, 15) is 0 Å². The molecule has 0 atom stereocenters. The molecule has 1 aromatic carbocycles. The first-order valence-electron chi connectivity index (χ1n) is 4.40. The van der Waals surface area contributed by atoms with E-state index in [4.69, 9.17) is 15.7 Å². The summed E-state index contributed by atoms with van der Waals surface area (Å²) in [5.74, 6) is 0.835. The van der Waals surface area contributed by atoms with Crippen molar-refractivity contribution in [1.29, 1.82) is 0 Å². The predicted octanol–water partition coefficient (Wildman–Crippen LogP) is 1.82. The number of oxime groups is 1. The van der Waals surface area contributed by atoms with Gasteiger partial charge in [-0.2, -0.15) is 0 Å². The summed E-state index contributed by atoms with van der Waals surface area (Å²) in [7, 11) is 1.58. The molecule has 0 spiro atoms. The van der Waals surface area contributed by atoms with E-state index in [1.807, 2.05) is 13.8 Å². The van der Waals surface area contributed by atoms with E-state index in [1.165, 1.54) is 0 Å². The summed E-state index contributed by atoms with van der Waals surface area (Å²) in [6.07, 6.45) is 0. The van der Waals surface area contributed by atoms with Crippen LogP contribution in [0.1, 0.15) is 19.4 Å². The van der Waals surface area contributed by atoms with E-state index in [0.717, 1.165) is 5.75 Å². The maximum absolute atomic E-state index is 8.35. The topological polar surface area (TPSA) is 67.8 Å². The molecule has 0 aromatic heterocycles. The molecule has 4 nitrogen and oxygen atoms in total. The van der Waals surface area contributed by atoms with E-state index in [1.54, 1.807) is 31.4 Å². The maximum Gasteiger partial charge on any atom is 0.170 e. The van der Waals surface area contributed by atoms with Gasteiger partial charge in [0.2, 0.25) is 0 Å². The molecule has 4 heteroatoms. The molecule has 0 aliphatic carbocycles. The molecular formula is C10H16N2O2. The van der Waals surface area contributed by atoms with Gasteiger partial charge >= 0.3 is 0 Å². The van der Waals surface area contributed by atoms with Crippen molar-refractivity contribution in [3.8, 4) is 5.75 Å². The number of ether oxygens (including phenoxy) is 1. The third-order valence-electron chi connectivity index (χ3n) is 1.49. The van der Waals surface area contributed by atoms with Gasteiger partial charge in [0.15, 0.2) is 5.84 Å². The molecule has 0 saturated heterocycles. The molecular weight excluding hydrogens is 180 g/mol. The van der Waals surface area contributed by atoms with Crippen molar-refractivity contribution < 1.29 is 9.94 Å². The number of benzene rings is 1. The van der Waals surface area contributed by atoms with Crippen LogP contribution in [-0.4, -0.2) is 18.2 Å². The van der Waals surface area contributed by atoms with Crippen LogP contribution >= 0.6 is 0 Å². The van der Waals surface area contributed by atoms with E-state index in [2.05, 4.69) is 5.16 Å². The van der Waals surface area contributed by atoms with Gasteiger partial charge in [-0.05, 0) is 24.3 Å². The van der Waals surface area contributed by atoms with Crippen molar-refractivity contribution in [2.24, 2.45) is 10.9 Å². The molecule has 3 N–H and O–H groups in total. The third-order valence-corrected chi connectivity index (χ3v) is 1.49. The third kappa shape index (κ3) is 3.35. The zero-order valence-corrected chi connectivity index (χ0v) is 8.69. The van der Waals surface area contributed by atoms with Gasteiger partial charge in [0, 0.05) is 5.56 Å². The molecule has 14 heavy (non-hydrogen) atoms. The van der Waals surface area contributed by atoms with Gasteiger partial charge in [0.1, 0.15) is 5.75 Å². The summed E-state index contributed by atoms with van der Waals surface area (Å²) in [5.41, 5.74) is 6.01. The molecule has 0 aliphatic rings. The number of rotatable bonds is 2. The second-order valence-corrected chi connectivity index (χ2v) is 2.21. The second-order valence-electron chi connectivity index (χ2n) is 2.21. The number of methoxy groups -OCH3 is 1. The highest BCUT2D eigenvalue weighted by Gasteiger charge is 1.97. The van der Waals surface area contributed by atoms with Crippen LogP contribution in [0.3, 0.4) is 0 Å². The Kier molecular flexibility index (Phi) is 5.94. The summed E-state index contributed by atoms with van der Waals surface area (Å²) < 4.78 is 4.94. The average molecular weight is 196 g/mol. The number of amidine groups is 1. The quantitative estimate of drug-likeness (QED) is 0.328. The minimum atomic E-state index is 0.0950. The Morgan fingerprint density at radius 1 is 1.29 bits per heavy atom. The van der Waals surface area contributed by atoms with Gasteiger partial charge in [-0.3, -0.25) is 0 Å². The van der Waals surface area contributed by atoms with Crippen LogP contribution in [0.25, 0.3) is 0 Å². The number of hydrogen-bond donors (Lipinski definition) is 2. The molecule has 1 aromatic rings. The lowest BCUT2D eigenvalue weighted by molar-refractivity contribution is 0.318. The second kappa shape index (κ2) is 6.77. The highest BCUT2D eigenvalue weighted by Crippen LogP contribution is 2.10. The van der Waals surface area contributed by atoms with E-state index in [0.29, 0.717) is 5.56 Å².